The number of hydrogen-bond acceptors (Lipinski definition) is 6. The van der Waals surface area contributed by atoms with Crippen LogP contribution < -0.4 is 9.47 Å². The zero-order valence-electron chi connectivity index (χ0n) is 17.0. The highest BCUT2D eigenvalue weighted by molar-refractivity contribution is 8.26. The summed E-state index contributed by atoms with van der Waals surface area (Å²) >= 11 is 12.9. The van der Waals surface area contributed by atoms with Gasteiger partial charge in [-0.25, -0.2) is 0 Å². The van der Waals surface area contributed by atoms with E-state index in [1.807, 2.05) is 48.5 Å². The van der Waals surface area contributed by atoms with Crippen molar-refractivity contribution < 1.29 is 19.0 Å². The summed E-state index contributed by atoms with van der Waals surface area (Å²) in [6, 6.07) is 13.1. The first-order valence-electron chi connectivity index (χ1n) is 9.96. The summed E-state index contributed by atoms with van der Waals surface area (Å²) in [6.45, 7) is 1.59. The highest BCUT2D eigenvalue weighted by atomic mass is 35.5. The summed E-state index contributed by atoms with van der Waals surface area (Å²) < 4.78 is 17.6. The van der Waals surface area contributed by atoms with Crippen LogP contribution in [0.2, 0.25) is 5.02 Å². The normalized spacial score (nSPS) is 20.0. The predicted octanol–water partition coefficient (Wildman–Crippen LogP) is 5.31. The Kier molecular flexibility index (Phi) is 7.17. The fourth-order valence-corrected chi connectivity index (χ4v) is 4.93. The Morgan fingerprint density at radius 1 is 1.29 bits per heavy atom. The third-order valence-corrected chi connectivity index (χ3v) is 6.86. The maximum Gasteiger partial charge on any atom is 0.266 e. The minimum absolute atomic E-state index is 0.0662. The highest BCUT2D eigenvalue weighted by Gasteiger charge is 2.34. The average Bonchev–Trinajstić information content (AvgIpc) is 3.38. The van der Waals surface area contributed by atoms with E-state index in [1.165, 1.54) is 11.8 Å². The second kappa shape index (κ2) is 10.0. The summed E-state index contributed by atoms with van der Waals surface area (Å²) in [4.78, 5) is 15.1. The molecule has 2 heterocycles. The molecule has 162 valence electrons. The van der Waals surface area contributed by atoms with Crippen molar-refractivity contribution in [2.45, 2.75) is 25.6 Å². The lowest BCUT2D eigenvalue weighted by molar-refractivity contribution is -0.123. The Bertz CT molecular complexity index is 1020. The number of thioether (sulfide) groups is 1. The monoisotopic (exact) mass is 475 g/mol. The molecule has 0 radical (unpaired) electrons. The Hall–Kier alpha value is -2.06. The van der Waals surface area contributed by atoms with Crippen LogP contribution >= 0.6 is 35.6 Å². The fraction of sp³-hybridized carbons (Fsp3) is 0.304. The third kappa shape index (κ3) is 5.23. The van der Waals surface area contributed by atoms with Crippen LogP contribution in [-0.2, 0) is 16.1 Å². The van der Waals surface area contributed by atoms with Crippen molar-refractivity contribution in [2.24, 2.45) is 0 Å². The first-order chi connectivity index (χ1) is 15.0. The molecule has 0 N–H and O–H groups in total. The first kappa shape index (κ1) is 22.1. The lowest BCUT2D eigenvalue weighted by Gasteiger charge is -2.18. The van der Waals surface area contributed by atoms with Crippen molar-refractivity contribution in [2.75, 3.05) is 20.3 Å². The smallest absolute Gasteiger partial charge is 0.266 e. The number of hydrogen-bond donors (Lipinski definition) is 0. The zero-order chi connectivity index (χ0) is 21.8. The number of halogens is 1. The summed E-state index contributed by atoms with van der Waals surface area (Å²) in [5.74, 6) is 1.10. The van der Waals surface area contributed by atoms with Gasteiger partial charge in [-0.05, 0) is 42.7 Å². The van der Waals surface area contributed by atoms with E-state index in [0.717, 1.165) is 30.6 Å². The number of amides is 1. The van der Waals surface area contributed by atoms with Crippen LogP contribution in [0.1, 0.15) is 24.0 Å². The molecule has 2 aromatic rings. The molecule has 1 amide bonds. The van der Waals surface area contributed by atoms with E-state index >= 15 is 0 Å². The zero-order valence-corrected chi connectivity index (χ0v) is 19.4. The molecule has 0 saturated carbocycles. The number of methoxy groups -OCH3 is 1. The summed E-state index contributed by atoms with van der Waals surface area (Å²) in [6.07, 6.45) is 3.88. The Morgan fingerprint density at radius 3 is 2.87 bits per heavy atom. The summed E-state index contributed by atoms with van der Waals surface area (Å²) in [5, 5.41) is 0.656. The van der Waals surface area contributed by atoms with Gasteiger partial charge in [-0.3, -0.25) is 9.69 Å². The quantitative estimate of drug-likeness (QED) is 0.399. The van der Waals surface area contributed by atoms with Crippen molar-refractivity contribution in [3.8, 4) is 11.5 Å². The molecule has 0 bridgehead atoms. The number of ether oxygens (including phenoxy) is 3. The van der Waals surface area contributed by atoms with E-state index in [1.54, 1.807) is 12.0 Å². The fourth-order valence-electron chi connectivity index (χ4n) is 3.46. The standard InChI is InChI=1S/C23H22ClNO4S2/c1-27-20-11-15(8-9-19(20)29-14-16-5-2-3-7-18(16)24)12-21-22(26)25(23(30)31-21)13-17-6-4-10-28-17/h2-3,5,7-9,11-12,17H,4,6,10,13-14H2,1H3/b21-12+/t17-/m1/s1. The van der Waals surface area contributed by atoms with Gasteiger partial charge < -0.3 is 14.2 Å². The second-order valence-electron chi connectivity index (χ2n) is 7.22. The summed E-state index contributed by atoms with van der Waals surface area (Å²) in [5.41, 5.74) is 1.73. The van der Waals surface area contributed by atoms with Crippen molar-refractivity contribution in [1.29, 1.82) is 0 Å². The molecule has 2 aliphatic rings. The van der Waals surface area contributed by atoms with Crippen molar-refractivity contribution in [3.63, 3.8) is 0 Å². The molecule has 0 aliphatic carbocycles. The molecule has 2 fully saturated rings. The number of carbonyl (C=O) groups excluding carboxylic acids is 1. The molecule has 5 nitrogen and oxygen atoms in total. The van der Waals surface area contributed by atoms with Crippen LogP contribution in [0, 0.1) is 0 Å². The topological polar surface area (TPSA) is 48.0 Å². The summed E-state index contributed by atoms with van der Waals surface area (Å²) in [7, 11) is 1.59. The van der Waals surface area contributed by atoms with E-state index in [9.17, 15) is 4.79 Å². The van der Waals surface area contributed by atoms with Gasteiger partial charge in [0.25, 0.3) is 5.91 Å². The molecule has 0 aromatic heterocycles. The maximum atomic E-state index is 12.8. The molecule has 0 unspecified atom stereocenters. The minimum Gasteiger partial charge on any atom is -0.493 e. The van der Waals surface area contributed by atoms with Gasteiger partial charge in [0.05, 0.1) is 24.7 Å². The molecule has 1 atom stereocenters. The molecule has 2 saturated heterocycles. The van der Waals surface area contributed by atoms with Crippen LogP contribution in [-0.4, -0.2) is 41.5 Å². The highest BCUT2D eigenvalue weighted by Crippen LogP contribution is 2.35. The minimum atomic E-state index is -0.0801. The lowest BCUT2D eigenvalue weighted by Crippen LogP contribution is -2.35. The molecule has 4 rings (SSSR count). The second-order valence-corrected chi connectivity index (χ2v) is 9.30. The van der Waals surface area contributed by atoms with Gasteiger partial charge in [-0.2, -0.15) is 0 Å². The van der Waals surface area contributed by atoms with E-state index in [-0.39, 0.29) is 12.0 Å². The van der Waals surface area contributed by atoms with Gasteiger partial charge in [-0.15, -0.1) is 0 Å². The molecule has 31 heavy (non-hydrogen) atoms. The first-order valence-corrected chi connectivity index (χ1v) is 11.6. The Morgan fingerprint density at radius 2 is 2.13 bits per heavy atom. The maximum absolute atomic E-state index is 12.8. The lowest BCUT2D eigenvalue weighted by atomic mass is 10.1. The largest absolute Gasteiger partial charge is 0.493 e. The third-order valence-electron chi connectivity index (χ3n) is 5.11. The number of carbonyl (C=O) groups is 1. The molecule has 2 aromatic carbocycles. The van der Waals surface area contributed by atoms with Gasteiger partial charge in [0.15, 0.2) is 11.5 Å². The van der Waals surface area contributed by atoms with Crippen molar-refractivity contribution >= 4 is 51.9 Å². The van der Waals surface area contributed by atoms with Gasteiger partial charge in [0.1, 0.15) is 10.9 Å². The molecule has 2 aliphatic heterocycles. The van der Waals surface area contributed by atoms with Crippen LogP contribution in [0.5, 0.6) is 11.5 Å². The van der Waals surface area contributed by atoms with Crippen LogP contribution in [0.15, 0.2) is 47.4 Å². The molecule has 0 spiro atoms. The predicted molar refractivity (Wildman–Crippen MR) is 128 cm³/mol. The number of nitrogens with zero attached hydrogens (tertiary/aromatic N) is 1. The van der Waals surface area contributed by atoms with Gasteiger partial charge in [0, 0.05) is 17.2 Å². The number of thiocarbonyl (C=S) groups is 1. The molecule has 8 heteroatoms. The van der Waals surface area contributed by atoms with E-state index in [4.69, 9.17) is 38.0 Å². The van der Waals surface area contributed by atoms with E-state index < -0.39 is 0 Å². The number of benzene rings is 2. The Labute approximate surface area is 196 Å². The Balaban J connectivity index is 1.47. The molecular weight excluding hydrogens is 454 g/mol. The van der Waals surface area contributed by atoms with Crippen LogP contribution in [0.3, 0.4) is 0 Å². The van der Waals surface area contributed by atoms with Gasteiger partial charge >= 0.3 is 0 Å². The van der Waals surface area contributed by atoms with E-state index in [2.05, 4.69) is 0 Å². The SMILES string of the molecule is COc1cc(/C=C2/SC(=S)N(C[C@H]3CCCO3)C2=O)ccc1OCc1ccccc1Cl. The van der Waals surface area contributed by atoms with Crippen molar-refractivity contribution in [1.82, 2.24) is 4.90 Å². The number of rotatable bonds is 7. The van der Waals surface area contributed by atoms with Crippen molar-refractivity contribution in [3.05, 3.63) is 63.5 Å². The van der Waals surface area contributed by atoms with E-state index in [0.29, 0.717) is 38.9 Å². The van der Waals surface area contributed by atoms with Gasteiger partial charge in [-0.1, -0.05) is 59.8 Å². The van der Waals surface area contributed by atoms with Gasteiger partial charge in [0.2, 0.25) is 0 Å². The molecular formula is C23H22ClNO4S2. The average molecular weight is 476 g/mol. The van der Waals surface area contributed by atoms with Crippen LogP contribution in [0.25, 0.3) is 6.08 Å². The van der Waals surface area contributed by atoms with Crippen LogP contribution in [0.4, 0.5) is 0 Å².